The Morgan fingerprint density at radius 2 is 2.35 bits per heavy atom. The van der Waals surface area contributed by atoms with Gasteiger partial charge in [-0.3, -0.25) is 4.79 Å². The van der Waals surface area contributed by atoms with Gasteiger partial charge >= 0.3 is 0 Å². The molecule has 2 rings (SSSR count). The molecule has 1 amide bonds. The molecule has 0 aliphatic carbocycles. The number of thioether (sulfide) groups is 1. The molecule has 1 heterocycles. The van der Waals surface area contributed by atoms with Gasteiger partial charge < -0.3 is 10.4 Å². The van der Waals surface area contributed by atoms with Gasteiger partial charge in [-0.2, -0.15) is 0 Å². The summed E-state index contributed by atoms with van der Waals surface area (Å²) in [6.07, 6.45) is 0. The van der Waals surface area contributed by atoms with Crippen molar-refractivity contribution in [1.29, 1.82) is 0 Å². The van der Waals surface area contributed by atoms with E-state index in [-0.39, 0.29) is 12.5 Å². The van der Waals surface area contributed by atoms with E-state index < -0.39 is 0 Å². The number of hydrogen-bond acceptors (Lipinski definition) is 5. The van der Waals surface area contributed by atoms with Crippen molar-refractivity contribution in [3.63, 3.8) is 0 Å². The van der Waals surface area contributed by atoms with Crippen LogP contribution in [0.3, 0.4) is 0 Å². The number of aliphatic hydroxyl groups excluding tert-OH is 1. The van der Waals surface area contributed by atoms with Crippen LogP contribution in [0.4, 0.5) is 5.69 Å². The number of amides is 1. The maximum Gasteiger partial charge on any atom is 0.234 e. The summed E-state index contributed by atoms with van der Waals surface area (Å²) in [6, 6.07) is 5.55. The highest BCUT2D eigenvalue weighted by Crippen LogP contribution is 2.18. The summed E-state index contributed by atoms with van der Waals surface area (Å²) in [5.74, 6) is 1.09. The van der Waals surface area contributed by atoms with Crippen LogP contribution in [0.15, 0.2) is 29.1 Å². The molecule has 2 aromatic rings. The van der Waals surface area contributed by atoms with Crippen LogP contribution in [0.1, 0.15) is 16.8 Å². The number of thiazole rings is 1. The minimum Gasteiger partial charge on any atom is -0.392 e. The Hall–Kier alpha value is -1.37. The van der Waals surface area contributed by atoms with Crippen molar-refractivity contribution in [3.8, 4) is 0 Å². The lowest BCUT2D eigenvalue weighted by atomic mass is 10.1. The summed E-state index contributed by atoms with van der Waals surface area (Å²) in [5.41, 5.74) is 5.34. The third kappa shape index (κ3) is 4.33. The molecule has 4 nitrogen and oxygen atoms in total. The average molecular weight is 308 g/mol. The quantitative estimate of drug-likeness (QED) is 0.861. The summed E-state index contributed by atoms with van der Waals surface area (Å²) in [7, 11) is 0. The second kappa shape index (κ2) is 7.42. The molecular formula is C14H16N2O2S2. The molecule has 0 bridgehead atoms. The molecule has 0 aliphatic rings. The van der Waals surface area contributed by atoms with E-state index >= 15 is 0 Å². The Balaban J connectivity index is 1.84. The van der Waals surface area contributed by atoms with Gasteiger partial charge in [0.1, 0.15) is 0 Å². The molecule has 0 saturated carbocycles. The van der Waals surface area contributed by atoms with Crippen LogP contribution < -0.4 is 5.32 Å². The molecule has 0 aliphatic heterocycles. The third-order valence-corrected chi connectivity index (χ3v) is 4.33. The highest BCUT2D eigenvalue weighted by molar-refractivity contribution is 7.99. The largest absolute Gasteiger partial charge is 0.392 e. The predicted molar refractivity (Wildman–Crippen MR) is 84.0 cm³/mol. The van der Waals surface area contributed by atoms with E-state index in [9.17, 15) is 4.79 Å². The number of benzene rings is 1. The molecule has 6 heteroatoms. The first-order valence-corrected chi connectivity index (χ1v) is 8.24. The van der Waals surface area contributed by atoms with Gasteiger partial charge in [-0.25, -0.2) is 4.98 Å². The highest BCUT2D eigenvalue weighted by atomic mass is 32.2. The number of aryl methyl sites for hydroxylation is 1. The topological polar surface area (TPSA) is 62.2 Å². The van der Waals surface area contributed by atoms with Crippen molar-refractivity contribution in [2.75, 3.05) is 11.1 Å². The first kappa shape index (κ1) is 15.0. The summed E-state index contributed by atoms with van der Waals surface area (Å²) >= 11 is 3.10. The maximum atomic E-state index is 11.9. The summed E-state index contributed by atoms with van der Waals surface area (Å²) in [6.45, 7) is 1.90. The second-order valence-corrected chi connectivity index (χ2v) is 6.03. The van der Waals surface area contributed by atoms with Crippen molar-refractivity contribution in [2.45, 2.75) is 19.3 Å². The molecule has 0 fully saturated rings. The molecule has 106 valence electrons. The first-order chi connectivity index (χ1) is 9.69. The maximum absolute atomic E-state index is 11.9. The van der Waals surface area contributed by atoms with E-state index in [2.05, 4.69) is 10.3 Å². The first-order valence-electron chi connectivity index (χ1n) is 6.14. The van der Waals surface area contributed by atoms with Gasteiger partial charge in [-0.05, 0) is 24.1 Å². The number of rotatable bonds is 6. The lowest BCUT2D eigenvalue weighted by Gasteiger charge is -2.09. The van der Waals surface area contributed by atoms with E-state index in [0.717, 1.165) is 28.3 Å². The molecule has 0 saturated heterocycles. The Labute approximate surface area is 126 Å². The fourth-order valence-corrected chi connectivity index (χ4v) is 3.04. The van der Waals surface area contributed by atoms with Gasteiger partial charge in [0.25, 0.3) is 0 Å². The zero-order valence-corrected chi connectivity index (χ0v) is 12.8. The van der Waals surface area contributed by atoms with Crippen molar-refractivity contribution in [2.24, 2.45) is 0 Å². The van der Waals surface area contributed by atoms with Gasteiger partial charge in [-0.1, -0.05) is 12.1 Å². The van der Waals surface area contributed by atoms with E-state index in [1.54, 1.807) is 22.9 Å². The Bertz CT molecular complexity index is 571. The summed E-state index contributed by atoms with van der Waals surface area (Å²) in [4.78, 5) is 16.1. The van der Waals surface area contributed by atoms with Crippen LogP contribution in [-0.2, 0) is 17.2 Å². The fourth-order valence-electron chi connectivity index (χ4n) is 1.65. The van der Waals surface area contributed by atoms with Crippen LogP contribution in [0, 0.1) is 6.92 Å². The number of nitrogens with one attached hydrogen (secondary N) is 1. The number of aromatic nitrogens is 1. The lowest BCUT2D eigenvalue weighted by Crippen LogP contribution is -2.15. The van der Waals surface area contributed by atoms with E-state index in [1.165, 1.54) is 11.8 Å². The molecule has 0 radical (unpaired) electrons. The molecule has 0 spiro atoms. The van der Waals surface area contributed by atoms with E-state index in [4.69, 9.17) is 5.11 Å². The molecule has 1 aromatic carbocycles. The minimum absolute atomic E-state index is 0.0261. The van der Waals surface area contributed by atoms with Crippen molar-refractivity contribution >= 4 is 34.7 Å². The Morgan fingerprint density at radius 1 is 1.50 bits per heavy atom. The van der Waals surface area contributed by atoms with Crippen LogP contribution in [0.5, 0.6) is 0 Å². The predicted octanol–water partition coefficient (Wildman–Crippen LogP) is 2.82. The van der Waals surface area contributed by atoms with Crippen LogP contribution in [-0.4, -0.2) is 21.8 Å². The third-order valence-electron chi connectivity index (χ3n) is 2.73. The standard InChI is InChI=1S/C14H16N2O2S2/c1-10-2-3-11(5-17)4-13(10)16-14(18)8-19-6-12-7-20-9-15-12/h2-4,7,9,17H,5-6,8H2,1H3,(H,16,18). The normalized spacial score (nSPS) is 10.5. The Kier molecular flexibility index (Phi) is 5.58. The number of carbonyl (C=O) groups is 1. The van der Waals surface area contributed by atoms with Crippen LogP contribution in [0.25, 0.3) is 0 Å². The number of hydrogen-bond donors (Lipinski definition) is 2. The Morgan fingerprint density at radius 3 is 3.05 bits per heavy atom. The zero-order valence-electron chi connectivity index (χ0n) is 11.1. The van der Waals surface area contributed by atoms with Gasteiger partial charge in [-0.15, -0.1) is 23.1 Å². The van der Waals surface area contributed by atoms with Crippen molar-refractivity contribution in [1.82, 2.24) is 4.98 Å². The SMILES string of the molecule is Cc1ccc(CO)cc1NC(=O)CSCc1cscn1. The second-order valence-electron chi connectivity index (χ2n) is 4.33. The average Bonchev–Trinajstić information content (AvgIpc) is 2.94. The highest BCUT2D eigenvalue weighted by Gasteiger charge is 2.06. The monoisotopic (exact) mass is 308 g/mol. The number of nitrogens with zero attached hydrogens (tertiary/aromatic N) is 1. The van der Waals surface area contributed by atoms with Crippen molar-refractivity contribution < 1.29 is 9.90 Å². The van der Waals surface area contributed by atoms with Crippen LogP contribution in [0.2, 0.25) is 0 Å². The number of anilines is 1. The molecule has 0 unspecified atom stereocenters. The van der Waals surface area contributed by atoms with Gasteiger partial charge in [0.2, 0.25) is 5.91 Å². The van der Waals surface area contributed by atoms with Gasteiger partial charge in [0.15, 0.2) is 0 Å². The van der Waals surface area contributed by atoms with Gasteiger partial charge in [0, 0.05) is 16.8 Å². The molecule has 20 heavy (non-hydrogen) atoms. The van der Waals surface area contributed by atoms with Gasteiger partial charge in [0.05, 0.1) is 23.6 Å². The summed E-state index contributed by atoms with van der Waals surface area (Å²) < 4.78 is 0. The van der Waals surface area contributed by atoms with E-state index in [0.29, 0.717) is 5.75 Å². The lowest BCUT2D eigenvalue weighted by molar-refractivity contribution is -0.113. The number of carbonyl (C=O) groups excluding carboxylic acids is 1. The minimum atomic E-state index is -0.0385. The molecule has 0 atom stereocenters. The van der Waals surface area contributed by atoms with E-state index in [1.807, 2.05) is 24.4 Å². The summed E-state index contributed by atoms with van der Waals surface area (Å²) in [5, 5.41) is 14.0. The van der Waals surface area contributed by atoms with Crippen molar-refractivity contribution in [3.05, 3.63) is 45.9 Å². The fraction of sp³-hybridized carbons (Fsp3) is 0.286. The molecule has 2 N–H and O–H groups in total. The van der Waals surface area contributed by atoms with Crippen LogP contribution >= 0.6 is 23.1 Å². The molecule has 1 aromatic heterocycles. The molecular weight excluding hydrogens is 292 g/mol. The smallest absolute Gasteiger partial charge is 0.234 e. The zero-order chi connectivity index (χ0) is 14.4. The number of aliphatic hydroxyl groups is 1.